The fourth-order valence-corrected chi connectivity index (χ4v) is 3.06. The van der Waals surface area contributed by atoms with E-state index in [2.05, 4.69) is 5.32 Å². The second kappa shape index (κ2) is 7.34. The van der Waals surface area contributed by atoms with E-state index >= 15 is 0 Å². The first-order valence-electron chi connectivity index (χ1n) is 8.24. The van der Waals surface area contributed by atoms with E-state index in [1.807, 2.05) is 31.2 Å². The molecule has 1 aliphatic heterocycles. The molecule has 2 aromatic carbocycles. The molecular weight excluding hydrogens is 307 g/mol. The summed E-state index contributed by atoms with van der Waals surface area (Å²) >= 11 is 0. The topological polar surface area (TPSA) is 41.6 Å². The van der Waals surface area contributed by atoms with Gasteiger partial charge in [0.1, 0.15) is 11.6 Å². The van der Waals surface area contributed by atoms with Gasteiger partial charge in [0.15, 0.2) is 0 Å². The molecule has 0 spiro atoms. The van der Waals surface area contributed by atoms with Crippen LogP contribution >= 0.6 is 0 Å². The van der Waals surface area contributed by atoms with Crippen LogP contribution in [-0.2, 0) is 0 Å². The summed E-state index contributed by atoms with van der Waals surface area (Å²) in [7, 11) is 0. The van der Waals surface area contributed by atoms with Crippen molar-refractivity contribution in [1.29, 1.82) is 0 Å². The molecule has 3 rings (SSSR count). The normalized spacial score (nSPS) is 16.9. The molecular formula is C19H21FN2O2. The number of benzene rings is 2. The predicted octanol–water partition coefficient (Wildman–Crippen LogP) is 4.59. The second-order valence-corrected chi connectivity index (χ2v) is 5.76. The highest BCUT2D eigenvalue weighted by molar-refractivity contribution is 5.90. The number of ether oxygens (including phenoxy) is 1. The monoisotopic (exact) mass is 328 g/mol. The van der Waals surface area contributed by atoms with Gasteiger partial charge in [-0.3, -0.25) is 0 Å². The van der Waals surface area contributed by atoms with Crippen molar-refractivity contribution in [2.24, 2.45) is 0 Å². The minimum atomic E-state index is -0.428. The van der Waals surface area contributed by atoms with Gasteiger partial charge in [-0.05, 0) is 49.6 Å². The number of carbonyl (C=O) groups is 1. The first-order valence-corrected chi connectivity index (χ1v) is 8.24. The number of likely N-dealkylation sites (tertiary alicyclic amines) is 1. The number of halogens is 1. The van der Waals surface area contributed by atoms with Gasteiger partial charge in [0.2, 0.25) is 0 Å². The zero-order valence-corrected chi connectivity index (χ0v) is 13.7. The average molecular weight is 328 g/mol. The number of hydrogen-bond donors (Lipinski definition) is 1. The van der Waals surface area contributed by atoms with Gasteiger partial charge in [0, 0.05) is 6.54 Å². The number of nitrogens with zero attached hydrogens (tertiary/aromatic N) is 1. The first kappa shape index (κ1) is 16.3. The third-order valence-electron chi connectivity index (χ3n) is 4.20. The van der Waals surface area contributed by atoms with Crippen molar-refractivity contribution in [2.45, 2.75) is 25.8 Å². The highest BCUT2D eigenvalue weighted by Gasteiger charge is 2.30. The number of nitrogens with one attached hydrogen (secondary N) is 1. The molecule has 1 fully saturated rings. The maximum absolute atomic E-state index is 13.7. The van der Waals surface area contributed by atoms with Gasteiger partial charge < -0.3 is 15.0 Å². The molecule has 0 radical (unpaired) electrons. The third kappa shape index (κ3) is 3.50. The van der Waals surface area contributed by atoms with Crippen LogP contribution in [0, 0.1) is 5.82 Å². The van der Waals surface area contributed by atoms with Gasteiger partial charge in [-0.1, -0.05) is 24.3 Å². The van der Waals surface area contributed by atoms with Crippen molar-refractivity contribution in [3.05, 3.63) is 59.9 Å². The standard InChI is InChI=1S/C19H21FN2O2/c1-2-24-15-11-9-14(10-12-15)18-8-5-13-22(18)19(23)21-17-7-4-3-6-16(17)20/h3-4,6-7,9-12,18H,2,5,8,13H2,1H3,(H,21,23). The molecule has 1 saturated heterocycles. The lowest BCUT2D eigenvalue weighted by atomic mass is 10.0. The van der Waals surface area contributed by atoms with E-state index in [0.29, 0.717) is 13.2 Å². The minimum absolute atomic E-state index is 0.00690. The van der Waals surface area contributed by atoms with Crippen molar-refractivity contribution >= 4 is 11.7 Å². The lowest BCUT2D eigenvalue weighted by Crippen LogP contribution is -2.34. The van der Waals surface area contributed by atoms with Gasteiger partial charge in [-0.15, -0.1) is 0 Å². The summed E-state index contributed by atoms with van der Waals surface area (Å²) in [5.74, 6) is 0.393. The molecule has 1 atom stereocenters. The van der Waals surface area contributed by atoms with Crippen LogP contribution in [0.5, 0.6) is 5.75 Å². The van der Waals surface area contributed by atoms with E-state index in [9.17, 15) is 9.18 Å². The van der Waals surface area contributed by atoms with E-state index in [-0.39, 0.29) is 17.8 Å². The molecule has 0 aliphatic carbocycles. The maximum Gasteiger partial charge on any atom is 0.322 e. The molecule has 0 aromatic heterocycles. The largest absolute Gasteiger partial charge is 0.494 e. The van der Waals surface area contributed by atoms with Crippen molar-refractivity contribution < 1.29 is 13.9 Å². The van der Waals surface area contributed by atoms with Gasteiger partial charge in [0.05, 0.1) is 18.3 Å². The fourth-order valence-electron chi connectivity index (χ4n) is 3.06. The summed E-state index contributed by atoms with van der Waals surface area (Å²) in [6.07, 6.45) is 1.83. The minimum Gasteiger partial charge on any atom is -0.494 e. The summed E-state index contributed by atoms with van der Waals surface area (Å²) in [5.41, 5.74) is 1.28. The lowest BCUT2D eigenvalue weighted by molar-refractivity contribution is 0.207. The zero-order valence-electron chi connectivity index (χ0n) is 13.7. The molecule has 126 valence electrons. The summed E-state index contributed by atoms with van der Waals surface area (Å²) in [5, 5.41) is 2.67. The van der Waals surface area contributed by atoms with Crippen molar-refractivity contribution in [1.82, 2.24) is 4.90 Å². The van der Waals surface area contributed by atoms with Crippen LogP contribution in [0.2, 0.25) is 0 Å². The van der Waals surface area contributed by atoms with Gasteiger partial charge in [0.25, 0.3) is 0 Å². The molecule has 2 amide bonds. The molecule has 1 heterocycles. The van der Waals surface area contributed by atoms with Crippen LogP contribution in [0.15, 0.2) is 48.5 Å². The Bertz CT molecular complexity index is 703. The Balaban J connectivity index is 1.72. The SMILES string of the molecule is CCOc1ccc(C2CCCN2C(=O)Nc2ccccc2F)cc1. The first-order chi connectivity index (χ1) is 11.7. The van der Waals surface area contributed by atoms with Crippen LogP contribution in [0.4, 0.5) is 14.9 Å². The third-order valence-corrected chi connectivity index (χ3v) is 4.20. The highest BCUT2D eigenvalue weighted by Crippen LogP contribution is 2.33. The van der Waals surface area contributed by atoms with Gasteiger partial charge in [-0.2, -0.15) is 0 Å². The van der Waals surface area contributed by atoms with E-state index in [0.717, 1.165) is 24.2 Å². The quantitative estimate of drug-likeness (QED) is 0.891. The molecule has 2 aromatic rings. The number of rotatable bonds is 4. The van der Waals surface area contributed by atoms with E-state index in [1.165, 1.54) is 6.07 Å². The van der Waals surface area contributed by atoms with Crippen molar-refractivity contribution in [2.75, 3.05) is 18.5 Å². The molecule has 24 heavy (non-hydrogen) atoms. The Hall–Kier alpha value is -2.56. The molecule has 0 bridgehead atoms. The molecule has 5 heteroatoms. The van der Waals surface area contributed by atoms with Crippen LogP contribution in [-0.4, -0.2) is 24.1 Å². The smallest absolute Gasteiger partial charge is 0.322 e. The summed E-state index contributed by atoms with van der Waals surface area (Å²) in [6.45, 7) is 3.23. The Morgan fingerprint density at radius 1 is 1.25 bits per heavy atom. The molecule has 0 saturated carbocycles. The second-order valence-electron chi connectivity index (χ2n) is 5.76. The molecule has 4 nitrogen and oxygen atoms in total. The number of anilines is 1. The van der Waals surface area contributed by atoms with Gasteiger partial charge in [-0.25, -0.2) is 9.18 Å². The number of amides is 2. The Morgan fingerprint density at radius 2 is 2.00 bits per heavy atom. The lowest BCUT2D eigenvalue weighted by Gasteiger charge is -2.25. The number of para-hydroxylation sites is 1. The number of hydrogen-bond acceptors (Lipinski definition) is 2. The number of carbonyl (C=O) groups excluding carboxylic acids is 1. The van der Waals surface area contributed by atoms with E-state index in [1.54, 1.807) is 23.1 Å². The summed E-state index contributed by atoms with van der Waals surface area (Å²) in [4.78, 5) is 14.3. The van der Waals surface area contributed by atoms with Crippen molar-refractivity contribution in [3.63, 3.8) is 0 Å². The van der Waals surface area contributed by atoms with E-state index in [4.69, 9.17) is 4.74 Å². The maximum atomic E-state index is 13.7. The fraction of sp³-hybridized carbons (Fsp3) is 0.316. The zero-order chi connectivity index (χ0) is 16.9. The Kier molecular flexibility index (Phi) is 4.99. The van der Waals surface area contributed by atoms with Crippen LogP contribution in [0.25, 0.3) is 0 Å². The van der Waals surface area contributed by atoms with Crippen molar-refractivity contribution in [3.8, 4) is 5.75 Å². The average Bonchev–Trinajstić information content (AvgIpc) is 3.08. The Morgan fingerprint density at radius 3 is 2.71 bits per heavy atom. The van der Waals surface area contributed by atoms with Crippen LogP contribution < -0.4 is 10.1 Å². The van der Waals surface area contributed by atoms with Crippen LogP contribution in [0.1, 0.15) is 31.4 Å². The number of urea groups is 1. The van der Waals surface area contributed by atoms with E-state index < -0.39 is 5.82 Å². The molecule has 1 unspecified atom stereocenters. The molecule has 1 N–H and O–H groups in total. The highest BCUT2D eigenvalue weighted by atomic mass is 19.1. The predicted molar refractivity (Wildman–Crippen MR) is 91.7 cm³/mol. The Labute approximate surface area is 141 Å². The summed E-state index contributed by atoms with van der Waals surface area (Å²) in [6, 6.07) is 13.8. The molecule has 1 aliphatic rings. The van der Waals surface area contributed by atoms with Crippen LogP contribution in [0.3, 0.4) is 0 Å². The van der Waals surface area contributed by atoms with Gasteiger partial charge >= 0.3 is 6.03 Å². The summed E-state index contributed by atoms with van der Waals surface area (Å²) < 4.78 is 19.2.